The molecule has 0 radical (unpaired) electrons. The summed E-state index contributed by atoms with van der Waals surface area (Å²) in [6.45, 7) is 0.745. The number of methoxy groups -OCH3 is 1. The molecule has 0 atom stereocenters. The summed E-state index contributed by atoms with van der Waals surface area (Å²) in [5.41, 5.74) is 0.654. The molecule has 2 aromatic carbocycles. The molecule has 0 aliphatic heterocycles. The van der Waals surface area contributed by atoms with Gasteiger partial charge in [-0.25, -0.2) is 4.79 Å². The van der Waals surface area contributed by atoms with Crippen molar-refractivity contribution in [3.8, 4) is 11.5 Å². The fraction of sp³-hybridized carbons (Fsp3) is 0.263. The fourth-order valence-corrected chi connectivity index (χ4v) is 2.28. The number of aromatic carboxylic acids is 1. The topological polar surface area (TPSA) is 76.1 Å². The monoisotopic (exact) mass is 343 g/mol. The second-order valence-electron chi connectivity index (χ2n) is 5.48. The number of carboxylic acid groups (broad SMARTS) is 1. The van der Waals surface area contributed by atoms with E-state index in [-0.39, 0.29) is 17.9 Å². The Morgan fingerprint density at radius 1 is 1.04 bits per heavy atom. The first kappa shape index (κ1) is 18.3. The molecule has 1 N–H and O–H groups in total. The number of rotatable bonds is 8. The average molecular weight is 343 g/mol. The summed E-state index contributed by atoms with van der Waals surface area (Å²) in [7, 11) is 3.27. The van der Waals surface area contributed by atoms with Crippen molar-refractivity contribution in [1.29, 1.82) is 0 Å². The Bertz CT molecular complexity index is 727. The summed E-state index contributed by atoms with van der Waals surface area (Å²) < 4.78 is 10.7. The molecule has 0 aromatic heterocycles. The number of carbonyl (C=O) groups excluding carboxylic acids is 1. The van der Waals surface area contributed by atoms with Crippen LogP contribution < -0.4 is 9.47 Å². The number of carbonyl (C=O) groups is 2. The highest BCUT2D eigenvalue weighted by atomic mass is 16.5. The first-order valence-electron chi connectivity index (χ1n) is 7.83. The van der Waals surface area contributed by atoms with Crippen LogP contribution in [0.3, 0.4) is 0 Å². The second-order valence-corrected chi connectivity index (χ2v) is 5.48. The maximum absolute atomic E-state index is 12.3. The lowest BCUT2D eigenvalue weighted by Crippen LogP contribution is -2.32. The molecule has 0 saturated heterocycles. The molecule has 0 fully saturated rings. The highest BCUT2D eigenvalue weighted by molar-refractivity contribution is 5.91. The van der Waals surface area contributed by atoms with Gasteiger partial charge in [0.1, 0.15) is 18.1 Å². The van der Waals surface area contributed by atoms with Crippen LogP contribution in [-0.2, 0) is 11.2 Å². The van der Waals surface area contributed by atoms with Gasteiger partial charge in [0.05, 0.1) is 25.6 Å². The largest absolute Gasteiger partial charge is 0.497 e. The van der Waals surface area contributed by atoms with Gasteiger partial charge in [0.15, 0.2) is 0 Å². The van der Waals surface area contributed by atoms with E-state index in [9.17, 15) is 9.59 Å². The maximum atomic E-state index is 12.3. The zero-order chi connectivity index (χ0) is 18.2. The molecule has 6 heteroatoms. The van der Waals surface area contributed by atoms with Gasteiger partial charge >= 0.3 is 5.97 Å². The van der Waals surface area contributed by atoms with Crippen molar-refractivity contribution >= 4 is 11.9 Å². The average Bonchev–Trinajstić information content (AvgIpc) is 2.62. The van der Waals surface area contributed by atoms with Crippen molar-refractivity contribution in [3.05, 3.63) is 59.7 Å². The van der Waals surface area contributed by atoms with E-state index in [4.69, 9.17) is 14.6 Å². The molecule has 0 aliphatic rings. The summed E-state index contributed by atoms with van der Waals surface area (Å²) in [5, 5.41) is 9.17. The molecule has 25 heavy (non-hydrogen) atoms. The first-order valence-corrected chi connectivity index (χ1v) is 7.83. The molecule has 6 nitrogen and oxygen atoms in total. The Hall–Kier alpha value is -3.02. The van der Waals surface area contributed by atoms with E-state index >= 15 is 0 Å². The smallest absolute Gasteiger partial charge is 0.335 e. The van der Waals surface area contributed by atoms with E-state index in [0.29, 0.717) is 24.5 Å². The standard InChI is InChI=1S/C19H21NO5/c1-20(11-12-25-16-9-7-15(24-2)8-10-16)18(21)13-14-5-3-4-6-17(14)19(22)23/h3-10H,11-13H2,1-2H3,(H,22,23). The van der Waals surface area contributed by atoms with Crippen LogP contribution in [0.15, 0.2) is 48.5 Å². The molecule has 2 aromatic rings. The summed E-state index contributed by atoms with van der Waals surface area (Å²) in [4.78, 5) is 25.0. The zero-order valence-corrected chi connectivity index (χ0v) is 14.3. The number of ether oxygens (including phenoxy) is 2. The van der Waals surface area contributed by atoms with Crippen LogP contribution in [0.4, 0.5) is 0 Å². The number of hydrogen-bond acceptors (Lipinski definition) is 4. The molecular formula is C19H21NO5. The van der Waals surface area contributed by atoms with E-state index < -0.39 is 5.97 Å². The summed E-state index contributed by atoms with van der Waals surface area (Å²) >= 11 is 0. The Morgan fingerprint density at radius 2 is 1.68 bits per heavy atom. The molecule has 0 unspecified atom stereocenters. The Labute approximate surface area is 146 Å². The van der Waals surface area contributed by atoms with Gasteiger partial charge in [-0.2, -0.15) is 0 Å². The summed E-state index contributed by atoms with van der Waals surface area (Å²) in [6.07, 6.45) is 0.0432. The normalized spacial score (nSPS) is 10.2. The van der Waals surface area contributed by atoms with Crippen LogP contribution >= 0.6 is 0 Å². The molecule has 0 bridgehead atoms. The van der Waals surface area contributed by atoms with Crippen molar-refractivity contribution in [2.24, 2.45) is 0 Å². The van der Waals surface area contributed by atoms with Gasteiger partial charge in [-0.05, 0) is 35.9 Å². The van der Waals surface area contributed by atoms with E-state index in [0.717, 1.165) is 5.75 Å². The number of hydrogen-bond donors (Lipinski definition) is 1. The SMILES string of the molecule is COc1ccc(OCCN(C)C(=O)Cc2ccccc2C(=O)O)cc1. The predicted molar refractivity (Wildman–Crippen MR) is 93.2 cm³/mol. The van der Waals surface area contributed by atoms with Crippen LogP contribution in [0.5, 0.6) is 11.5 Å². The van der Waals surface area contributed by atoms with Crippen molar-refractivity contribution < 1.29 is 24.2 Å². The minimum absolute atomic E-state index is 0.0432. The zero-order valence-electron chi connectivity index (χ0n) is 14.3. The predicted octanol–water partition coefficient (Wildman–Crippen LogP) is 2.47. The summed E-state index contributed by atoms with van der Waals surface area (Å²) in [6, 6.07) is 13.7. The van der Waals surface area contributed by atoms with Crippen LogP contribution in [0.25, 0.3) is 0 Å². The van der Waals surface area contributed by atoms with Crippen LogP contribution in [0.2, 0.25) is 0 Å². The van der Waals surface area contributed by atoms with Gasteiger partial charge in [-0.15, -0.1) is 0 Å². The highest BCUT2D eigenvalue weighted by Crippen LogP contribution is 2.17. The molecule has 2 rings (SSSR count). The number of carboxylic acids is 1. The maximum Gasteiger partial charge on any atom is 0.335 e. The van der Waals surface area contributed by atoms with Gasteiger partial charge in [-0.1, -0.05) is 18.2 Å². The van der Waals surface area contributed by atoms with Gasteiger partial charge in [0.2, 0.25) is 5.91 Å². The van der Waals surface area contributed by atoms with Crippen LogP contribution in [0, 0.1) is 0 Å². The van der Waals surface area contributed by atoms with Gasteiger partial charge in [0, 0.05) is 7.05 Å². The van der Waals surface area contributed by atoms with Crippen LogP contribution in [0.1, 0.15) is 15.9 Å². The Morgan fingerprint density at radius 3 is 2.32 bits per heavy atom. The number of likely N-dealkylation sites (N-methyl/N-ethyl adjacent to an activating group) is 1. The first-order chi connectivity index (χ1) is 12.0. The molecule has 0 saturated carbocycles. The molecular weight excluding hydrogens is 322 g/mol. The van der Waals surface area contributed by atoms with Gasteiger partial charge in [-0.3, -0.25) is 4.79 Å². The van der Waals surface area contributed by atoms with Gasteiger partial charge in [0.25, 0.3) is 0 Å². The lowest BCUT2D eigenvalue weighted by molar-refractivity contribution is -0.129. The second kappa shape index (κ2) is 8.73. The van der Waals surface area contributed by atoms with Crippen molar-refractivity contribution in [1.82, 2.24) is 4.90 Å². The van der Waals surface area contributed by atoms with E-state index in [1.807, 2.05) is 0 Å². The van der Waals surface area contributed by atoms with Crippen molar-refractivity contribution in [2.75, 3.05) is 27.3 Å². The quantitative estimate of drug-likeness (QED) is 0.797. The third-order valence-electron chi connectivity index (χ3n) is 3.77. The molecule has 132 valence electrons. The Kier molecular flexibility index (Phi) is 6.39. The number of benzene rings is 2. The van der Waals surface area contributed by atoms with E-state index in [1.54, 1.807) is 56.6 Å². The molecule has 1 amide bonds. The lowest BCUT2D eigenvalue weighted by atomic mass is 10.0. The summed E-state index contributed by atoms with van der Waals surface area (Å²) in [5.74, 6) is 0.246. The minimum Gasteiger partial charge on any atom is -0.497 e. The van der Waals surface area contributed by atoms with Crippen LogP contribution in [-0.4, -0.2) is 49.2 Å². The van der Waals surface area contributed by atoms with Crippen molar-refractivity contribution in [2.45, 2.75) is 6.42 Å². The third kappa shape index (κ3) is 5.24. The van der Waals surface area contributed by atoms with Gasteiger partial charge < -0.3 is 19.5 Å². The molecule has 0 spiro atoms. The third-order valence-corrected chi connectivity index (χ3v) is 3.77. The molecule has 0 heterocycles. The number of nitrogens with zero attached hydrogens (tertiary/aromatic N) is 1. The van der Waals surface area contributed by atoms with E-state index in [1.165, 1.54) is 11.0 Å². The highest BCUT2D eigenvalue weighted by Gasteiger charge is 2.15. The Balaban J connectivity index is 1.85. The number of amides is 1. The van der Waals surface area contributed by atoms with E-state index in [2.05, 4.69) is 0 Å². The fourth-order valence-electron chi connectivity index (χ4n) is 2.28. The van der Waals surface area contributed by atoms with Crippen molar-refractivity contribution in [3.63, 3.8) is 0 Å². The molecule has 0 aliphatic carbocycles. The lowest BCUT2D eigenvalue weighted by Gasteiger charge is -2.18. The minimum atomic E-state index is -1.03.